The molecule has 0 aliphatic rings. The van der Waals surface area contributed by atoms with Crippen LogP contribution in [0, 0.1) is 3.57 Å². The van der Waals surface area contributed by atoms with E-state index >= 15 is 0 Å². The molecule has 0 unspecified atom stereocenters. The third-order valence-electron chi connectivity index (χ3n) is 2.24. The van der Waals surface area contributed by atoms with Crippen molar-refractivity contribution in [1.82, 2.24) is 0 Å². The molecule has 0 spiro atoms. The van der Waals surface area contributed by atoms with Gasteiger partial charge in [-0.2, -0.15) is 0 Å². The van der Waals surface area contributed by atoms with Gasteiger partial charge in [0.05, 0.1) is 0 Å². The van der Waals surface area contributed by atoms with Crippen LogP contribution >= 0.6 is 31.8 Å². The van der Waals surface area contributed by atoms with Gasteiger partial charge in [0.25, 0.3) is 0 Å². The van der Waals surface area contributed by atoms with Crippen molar-refractivity contribution in [2.45, 2.75) is 11.0 Å². The minimum atomic E-state index is -6.16. The van der Waals surface area contributed by atoms with E-state index in [4.69, 9.17) is 11.6 Å². The Labute approximate surface area is 162 Å². The first-order valence-corrected chi connectivity index (χ1v) is 12.7. The van der Waals surface area contributed by atoms with Crippen LogP contribution in [0.3, 0.4) is 0 Å². The number of halogens is 8. The van der Waals surface area contributed by atoms with Crippen molar-refractivity contribution in [3.63, 3.8) is 0 Å². The molecule has 0 radical (unpaired) electrons. The van der Waals surface area contributed by atoms with Crippen LogP contribution in [0.4, 0.5) is 26.3 Å². The first-order chi connectivity index (χ1) is 12.1. The zero-order valence-corrected chi connectivity index (χ0v) is 17.0. The molecule has 0 aliphatic heterocycles. The summed E-state index contributed by atoms with van der Waals surface area (Å²) in [5.74, 6) is -2.13. The summed E-state index contributed by atoms with van der Waals surface area (Å²) in [7, 11) is -12.3. The van der Waals surface area contributed by atoms with Gasteiger partial charge in [0.2, 0.25) is 0 Å². The molecule has 0 saturated heterocycles. The Bertz CT molecular complexity index is 882. The Morgan fingerprint density at radius 1 is 0.963 bits per heavy atom. The Hall–Kier alpha value is -0.780. The standard InChI is InChI=1S/C11H8ClF6IO6S2/c12-6-9(24-26(20,21)10(13,14)15)7-19(8-4-2-1-3-5-8)25-27(22,23)11(16,17)18/h1-5,7H,6H2/b9-7+. The number of hydrogen-bond acceptors (Lipinski definition) is 6. The molecule has 0 saturated carbocycles. The molecule has 0 N–H and O–H groups in total. The van der Waals surface area contributed by atoms with E-state index in [1.54, 1.807) is 0 Å². The second kappa shape index (κ2) is 8.71. The van der Waals surface area contributed by atoms with Gasteiger partial charge in [0.15, 0.2) is 0 Å². The Morgan fingerprint density at radius 3 is 1.85 bits per heavy atom. The molecule has 27 heavy (non-hydrogen) atoms. The SMILES string of the molecule is O=S(=O)(O/C(=C/I(OS(=O)(=O)C(F)(F)F)c1ccccc1)CCl)C(F)(F)F. The molecule has 156 valence electrons. The zero-order chi connectivity index (χ0) is 21.1. The number of alkyl halides is 7. The summed E-state index contributed by atoms with van der Waals surface area (Å²) >= 11 is 1.23. The predicted molar refractivity (Wildman–Crippen MR) is 90.1 cm³/mol. The first kappa shape index (κ1) is 24.3. The fourth-order valence-corrected chi connectivity index (χ4v) is 8.16. The number of rotatable bonds is 7. The maximum absolute atomic E-state index is 12.5. The fraction of sp³-hybridized carbons (Fsp3) is 0.273. The monoisotopic (exact) mass is 576 g/mol. The van der Waals surface area contributed by atoms with Crippen LogP contribution in [0.15, 0.2) is 40.2 Å². The van der Waals surface area contributed by atoms with Gasteiger partial charge in [0, 0.05) is 0 Å². The van der Waals surface area contributed by atoms with Crippen LogP contribution in [0.5, 0.6) is 0 Å². The summed E-state index contributed by atoms with van der Waals surface area (Å²) < 4.78 is 127. The molecule has 0 amide bonds. The predicted octanol–water partition coefficient (Wildman–Crippen LogP) is 4.09. The normalized spacial score (nSPS) is 14.8. The summed E-state index contributed by atoms with van der Waals surface area (Å²) in [6.45, 7) is 0. The summed E-state index contributed by atoms with van der Waals surface area (Å²) in [4.78, 5) is 0. The van der Waals surface area contributed by atoms with Gasteiger partial charge < -0.3 is 0 Å². The van der Waals surface area contributed by atoms with E-state index < -0.39 is 63.1 Å². The Morgan fingerprint density at radius 2 is 1.44 bits per heavy atom. The van der Waals surface area contributed by atoms with Crippen LogP contribution in [0.25, 0.3) is 0 Å². The van der Waals surface area contributed by atoms with Crippen LogP contribution in [-0.2, 0) is 26.9 Å². The minimum absolute atomic E-state index is 0.106. The van der Waals surface area contributed by atoms with Gasteiger partial charge >= 0.3 is 163 Å². The van der Waals surface area contributed by atoms with E-state index in [0.29, 0.717) is 4.08 Å². The van der Waals surface area contributed by atoms with E-state index in [0.717, 1.165) is 12.1 Å². The molecule has 1 aromatic carbocycles. The van der Waals surface area contributed by atoms with Crippen LogP contribution in [-0.4, -0.2) is 33.7 Å². The average Bonchev–Trinajstić information content (AvgIpc) is 2.51. The van der Waals surface area contributed by atoms with Gasteiger partial charge in [-0.15, -0.1) is 0 Å². The van der Waals surface area contributed by atoms with Gasteiger partial charge in [-0.05, 0) is 0 Å². The van der Waals surface area contributed by atoms with E-state index in [1.165, 1.54) is 18.2 Å². The second-order valence-corrected chi connectivity index (χ2v) is 12.0. The van der Waals surface area contributed by atoms with E-state index in [2.05, 4.69) is 6.70 Å². The molecule has 16 heteroatoms. The topological polar surface area (TPSA) is 86.7 Å². The van der Waals surface area contributed by atoms with Crippen LogP contribution < -0.4 is 0 Å². The summed E-state index contributed by atoms with van der Waals surface area (Å²) in [6, 6.07) is 6.32. The third-order valence-corrected chi connectivity index (χ3v) is 10.2. The zero-order valence-electron chi connectivity index (χ0n) is 12.5. The van der Waals surface area contributed by atoms with Crippen molar-refractivity contribution in [3.05, 3.63) is 43.7 Å². The number of hydrogen-bond donors (Lipinski definition) is 0. The van der Waals surface area contributed by atoms with Gasteiger partial charge in [0.1, 0.15) is 0 Å². The van der Waals surface area contributed by atoms with Crippen molar-refractivity contribution in [2.24, 2.45) is 0 Å². The maximum atomic E-state index is 12.5. The molecule has 0 atom stereocenters. The third kappa shape index (κ3) is 6.65. The molecule has 0 aromatic heterocycles. The van der Waals surface area contributed by atoms with Gasteiger partial charge in [-0.1, -0.05) is 0 Å². The van der Waals surface area contributed by atoms with E-state index in [-0.39, 0.29) is 3.57 Å². The Kier molecular flexibility index (Phi) is 7.82. The van der Waals surface area contributed by atoms with Crippen molar-refractivity contribution < 1.29 is 49.9 Å². The second-order valence-electron chi connectivity index (χ2n) is 4.23. The summed E-state index contributed by atoms with van der Waals surface area (Å²) in [6.07, 6.45) is 0. The van der Waals surface area contributed by atoms with Crippen molar-refractivity contribution in [3.8, 4) is 0 Å². The van der Waals surface area contributed by atoms with Crippen molar-refractivity contribution >= 4 is 52.1 Å². The number of allylic oxidation sites excluding steroid dienone is 1. The van der Waals surface area contributed by atoms with Crippen LogP contribution in [0.1, 0.15) is 0 Å². The average molecular weight is 577 g/mol. The van der Waals surface area contributed by atoms with Crippen molar-refractivity contribution in [2.75, 3.05) is 5.88 Å². The Balaban J connectivity index is 3.36. The molecule has 0 heterocycles. The van der Waals surface area contributed by atoms with Crippen molar-refractivity contribution in [1.29, 1.82) is 0 Å². The van der Waals surface area contributed by atoms with Crippen LogP contribution in [0.2, 0.25) is 0 Å². The first-order valence-electron chi connectivity index (χ1n) is 6.13. The quantitative estimate of drug-likeness (QED) is 0.121. The molecule has 0 fully saturated rings. The molecular formula is C11H8ClF6IO6S2. The molecule has 6 nitrogen and oxygen atoms in total. The number of benzene rings is 1. The van der Waals surface area contributed by atoms with E-state index in [9.17, 15) is 43.2 Å². The molecule has 1 aromatic rings. The fourth-order valence-electron chi connectivity index (χ4n) is 1.15. The molecule has 0 aliphatic carbocycles. The molecule has 1 rings (SSSR count). The summed E-state index contributed by atoms with van der Waals surface area (Å²) in [5, 5.41) is 0. The molecule has 0 bridgehead atoms. The molecular weight excluding hydrogens is 569 g/mol. The van der Waals surface area contributed by atoms with E-state index in [1.807, 2.05) is 0 Å². The summed E-state index contributed by atoms with van der Waals surface area (Å²) in [5.41, 5.74) is -11.6. The van der Waals surface area contributed by atoms with Gasteiger partial charge in [-0.3, -0.25) is 0 Å². The van der Waals surface area contributed by atoms with Gasteiger partial charge in [-0.25, -0.2) is 0 Å².